The second-order valence-corrected chi connectivity index (χ2v) is 6.09. The predicted octanol–water partition coefficient (Wildman–Crippen LogP) is 3.97. The molecule has 3 aromatic rings. The molecule has 1 aromatic carbocycles. The average molecular weight is 374 g/mol. The molecule has 0 aliphatic carbocycles. The van der Waals surface area contributed by atoms with Crippen LogP contribution in [0.4, 0.5) is 5.69 Å². The van der Waals surface area contributed by atoms with E-state index in [1.54, 1.807) is 17.7 Å². The summed E-state index contributed by atoms with van der Waals surface area (Å²) in [5.74, 6) is 0.423. The van der Waals surface area contributed by atoms with E-state index in [1.165, 1.54) is 0 Å². The summed E-state index contributed by atoms with van der Waals surface area (Å²) in [7, 11) is 1.59. The first-order valence-corrected chi connectivity index (χ1v) is 7.89. The van der Waals surface area contributed by atoms with Gasteiger partial charge in [-0.15, -0.1) is 0 Å². The molecule has 2 aromatic heterocycles. The molecular formula is C17H16BrN3O2. The number of benzene rings is 1. The number of halogens is 1. The third-order valence-corrected chi connectivity index (χ3v) is 4.51. The zero-order valence-electron chi connectivity index (χ0n) is 13.1. The Morgan fingerprint density at radius 1 is 1.30 bits per heavy atom. The number of fused-ring (bicyclic) bond motifs is 1. The molecule has 5 nitrogen and oxygen atoms in total. The minimum atomic E-state index is -0.209. The number of amides is 1. The predicted molar refractivity (Wildman–Crippen MR) is 93.3 cm³/mol. The number of nitrogens with zero attached hydrogens (tertiary/aromatic N) is 2. The van der Waals surface area contributed by atoms with Crippen LogP contribution in [0.5, 0.6) is 5.75 Å². The number of hydrogen-bond acceptors (Lipinski definition) is 3. The van der Waals surface area contributed by atoms with Gasteiger partial charge in [0.15, 0.2) is 11.4 Å². The van der Waals surface area contributed by atoms with Gasteiger partial charge in [0, 0.05) is 16.4 Å². The summed E-state index contributed by atoms with van der Waals surface area (Å²) in [5.41, 5.74) is 3.61. The molecule has 0 unspecified atom stereocenters. The minimum absolute atomic E-state index is 0.209. The smallest absolute Gasteiger partial charge is 0.274 e. The highest BCUT2D eigenvalue weighted by Crippen LogP contribution is 2.24. The summed E-state index contributed by atoms with van der Waals surface area (Å²) >= 11 is 3.47. The van der Waals surface area contributed by atoms with Crippen LogP contribution in [0.2, 0.25) is 0 Å². The van der Waals surface area contributed by atoms with E-state index in [4.69, 9.17) is 4.74 Å². The van der Waals surface area contributed by atoms with Gasteiger partial charge in [0.2, 0.25) is 0 Å². The molecule has 0 bridgehead atoms. The number of hydrogen-bond donors (Lipinski definition) is 1. The van der Waals surface area contributed by atoms with Crippen molar-refractivity contribution in [2.45, 2.75) is 13.8 Å². The summed E-state index contributed by atoms with van der Waals surface area (Å²) < 4.78 is 8.00. The van der Waals surface area contributed by atoms with Crippen LogP contribution < -0.4 is 10.1 Å². The lowest BCUT2D eigenvalue weighted by atomic mass is 10.2. The van der Waals surface area contributed by atoms with E-state index in [0.717, 1.165) is 15.7 Å². The monoisotopic (exact) mass is 373 g/mol. The molecule has 0 saturated carbocycles. The van der Waals surface area contributed by atoms with Crippen molar-refractivity contribution in [1.82, 2.24) is 9.38 Å². The van der Waals surface area contributed by atoms with E-state index in [0.29, 0.717) is 22.8 Å². The standard InChI is InChI=1S/C17H16BrN3O2/c1-10-6-7-12(9-13(10)18)20-17(22)15-11(2)19-16-14(23-3)5-4-8-21(15)16/h4-9H,1-3H3,(H,20,22). The Labute approximate surface area is 142 Å². The van der Waals surface area contributed by atoms with Crippen molar-refractivity contribution < 1.29 is 9.53 Å². The number of ether oxygens (including phenoxy) is 1. The molecule has 23 heavy (non-hydrogen) atoms. The first-order chi connectivity index (χ1) is 11.0. The fraction of sp³-hybridized carbons (Fsp3) is 0.176. The number of carbonyl (C=O) groups excluding carboxylic acids is 1. The molecule has 0 atom stereocenters. The number of aromatic nitrogens is 2. The second kappa shape index (κ2) is 6.04. The van der Waals surface area contributed by atoms with Crippen molar-refractivity contribution in [1.29, 1.82) is 0 Å². The molecule has 0 aliphatic heterocycles. The van der Waals surface area contributed by atoms with Gasteiger partial charge in [-0.1, -0.05) is 22.0 Å². The summed E-state index contributed by atoms with van der Waals surface area (Å²) in [5, 5.41) is 2.91. The Morgan fingerprint density at radius 3 is 2.78 bits per heavy atom. The van der Waals surface area contributed by atoms with E-state index in [2.05, 4.69) is 26.2 Å². The normalized spacial score (nSPS) is 10.8. The van der Waals surface area contributed by atoms with Gasteiger partial charge in [-0.3, -0.25) is 9.20 Å². The maximum absolute atomic E-state index is 12.7. The zero-order chi connectivity index (χ0) is 16.6. The summed E-state index contributed by atoms with van der Waals surface area (Å²) in [6.45, 7) is 3.81. The highest BCUT2D eigenvalue weighted by molar-refractivity contribution is 9.10. The Hall–Kier alpha value is -2.34. The zero-order valence-corrected chi connectivity index (χ0v) is 14.6. The maximum atomic E-state index is 12.7. The van der Waals surface area contributed by atoms with Gasteiger partial charge in [-0.05, 0) is 43.7 Å². The van der Waals surface area contributed by atoms with Gasteiger partial charge in [0.25, 0.3) is 5.91 Å². The van der Waals surface area contributed by atoms with Gasteiger partial charge in [-0.25, -0.2) is 4.98 Å². The Morgan fingerprint density at radius 2 is 2.09 bits per heavy atom. The van der Waals surface area contributed by atoms with Gasteiger partial charge < -0.3 is 10.1 Å². The fourth-order valence-electron chi connectivity index (χ4n) is 2.45. The number of anilines is 1. The molecule has 3 rings (SSSR count). The number of aryl methyl sites for hydroxylation is 2. The van der Waals surface area contributed by atoms with Crippen LogP contribution >= 0.6 is 15.9 Å². The largest absolute Gasteiger partial charge is 0.493 e. The van der Waals surface area contributed by atoms with Crippen molar-refractivity contribution in [3.05, 3.63) is 58.0 Å². The number of nitrogens with one attached hydrogen (secondary N) is 1. The van der Waals surface area contributed by atoms with Gasteiger partial charge >= 0.3 is 0 Å². The number of methoxy groups -OCH3 is 1. The van der Waals surface area contributed by atoms with Crippen molar-refractivity contribution in [2.24, 2.45) is 0 Å². The highest BCUT2D eigenvalue weighted by Gasteiger charge is 2.18. The minimum Gasteiger partial charge on any atom is -0.493 e. The van der Waals surface area contributed by atoms with Crippen LogP contribution in [0.25, 0.3) is 5.65 Å². The topological polar surface area (TPSA) is 55.6 Å². The van der Waals surface area contributed by atoms with Gasteiger partial charge in [0.1, 0.15) is 5.69 Å². The van der Waals surface area contributed by atoms with Crippen LogP contribution in [0.3, 0.4) is 0 Å². The molecule has 0 fully saturated rings. The molecule has 0 saturated heterocycles. The van der Waals surface area contributed by atoms with E-state index in [1.807, 2.05) is 44.2 Å². The molecule has 0 spiro atoms. The van der Waals surface area contributed by atoms with Crippen LogP contribution in [0.1, 0.15) is 21.7 Å². The molecular weight excluding hydrogens is 358 g/mol. The van der Waals surface area contributed by atoms with Crippen molar-refractivity contribution >= 4 is 33.2 Å². The molecule has 1 N–H and O–H groups in total. The van der Waals surface area contributed by atoms with E-state index >= 15 is 0 Å². The molecule has 6 heteroatoms. The third-order valence-electron chi connectivity index (χ3n) is 3.65. The SMILES string of the molecule is COc1cccn2c(C(=O)Nc3ccc(C)c(Br)c3)c(C)nc12. The third kappa shape index (κ3) is 2.82. The van der Waals surface area contributed by atoms with Crippen molar-refractivity contribution in [3.8, 4) is 5.75 Å². The van der Waals surface area contributed by atoms with Crippen LogP contribution in [-0.4, -0.2) is 22.4 Å². The number of rotatable bonds is 3. The first-order valence-electron chi connectivity index (χ1n) is 7.10. The summed E-state index contributed by atoms with van der Waals surface area (Å²) in [4.78, 5) is 17.1. The van der Waals surface area contributed by atoms with Crippen molar-refractivity contribution in [2.75, 3.05) is 12.4 Å². The van der Waals surface area contributed by atoms with Crippen LogP contribution in [0.15, 0.2) is 41.0 Å². The summed E-state index contributed by atoms with van der Waals surface area (Å²) in [6.07, 6.45) is 1.80. The Kier molecular flexibility index (Phi) is 4.09. The Balaban J connectivity index is 2.01. The summed E-state index contributed by atoms with van der Waals surface area (Å²) in [6, 6.07) is 9.35. The quantitative estimate of drug-likeness (QED) is 0.755. The number of imidazole rings is 1. The van der Waals surface area contributed by atoms with Gasteiger partial charge in [-0.2, -0.15) is 0 Å². The highest BCUT2D eigenvalue weighted by atomic mass is 79.9. The number of carbonyl (C=O) groups is 1. The van der Waals surface area contributed by atoms with E-state index < -0.39 is 0 Å². The van der Waals surface area contributed by atoms with E-state index in [-0.39, 0.29) is 5.91 Å². The molecule has 0 radical (unpaired) electrons. The fourth-order valence-corrected chi connectivity index (χ4v) is 2.83. The van der Waals surface area contributed by atoms with Gasteiger partial charge in [0.05, 0.1) is 12.8 Å². The first kappa shape index (κ1) is 15.6. The average Bonchev–Trinajstić information content (AvgIpc) is 2.86. The number of pyridine rings is 1. The van der Waals surface area contributed by atoms with Crippen molar-refractivity contribution in [3.63, 3.8) is 0 Å². The Bertz CT molecular complexity index is 902. The lowest BCUT2D eigenvalue weighted by Gasteiger charge is -2.08. The second-order valence-electron chi connectivity index (χ2n) is 5.23. The molecule has 1 amide bonds. The van der Waals surface area contributed by atoms with Crippen LogP contribution in [-0.2, 0) is 0 Å². The molecule has 118 valence electrons. The maximum Gasteiger partial charge on any atom is 0.274 e. The van der Waals surface area contributed by atoms with E-state index in [9.17, 15) is 4.79 Å². The lowest BCUT2D eigenvalue weighted by Crippen LogP contribution is -2.15. The molecule has 2 heterocycles. The van der Waals surface area contributed by atoms with Crippen LogP contribution in [0, 0.1) is 13.8 Å². The lowest BCUT2D eigenvalue weighted by molar-refractivity contribution is 0.102. The molecule has 0 aliphatic rings.